The summed E-state index contributed by atoms with van der Waals surface area (Å²) in [5.74, 6) is 0.644. The number of hydrogen-bond donors (Lipinski definition) is 1. The van der Waals surface area contributed by atoms with Crippen LogP contribution in [0.25, 0.3) is 21.2 Å². The summed E-state index contributed by atoms with van der Waals surface area (Å²) in [4.78, 5) is 20.8. The van der Waals surface area contributed by atoms with E-state index in [0.29, 0.717) is 45.8 Å². The van der Waals surface area contributed by atoms with Crippen LogP contribution >= 0.6 is 22.9 Å². The van der Waals surface area contributed by atoms with Gasteiger partial charge >= 0.3 is 0 Å². The Morgan fingerprint density at radius 3 is 2.62 bits per heavy atom. The first-order valence-corrected chi connectivity index (χ1v) is 14.7. The highest BCUT2D eigenvalue weighted by Gasteiger charge is 2.32. The predicted octanol–water partition coefficient (Wildman–Crippen LogP) is 7.34. The molecule has 0 spiro atoms. The molecule has 9 heteroatoms. The second-order valence-corrected chi connectivity index (χ2v) is 11.4. The number of aromatic nitrogens is 1. The van der Waals surface area contributed by atoms with E-state index in [0.717, 1.165) is 42.4 Å². The van der Waals surface area contributed by atoms with E-state index in [-0.39, 0.29) is 17.0 Å². The van der Waals surface area contributed by atoms with Crippen molar-refractivity contribution in [1.29, 1.82) is 0 Å². The van der Waals surface area contributed by atoms with Crippen molar-refractivity contribution in [3.05, 3.63) is 76.0 Å². The van der Waals surface area contributed by atoms with Gasteiger partial charge in [-0.05, 0) is 81.1 Å². The van der Waals surface area contributed by atoms with Crippen LogP contribution in [0.2, 0.25) is 5.02 Å². The molecule has 0 atom stereocenters. The van der Waals surface area contributed by atoms with Gasteiger partial charge in [-0.25, -0.2) is 9.37 Å². The number of thiophene rings is 1. The van der Waals surface area contributed by atoms with Gasteiger partial charge in [0.05, 0.1) is 18.7 Å². The molecule has 40 heavy (non-hydrogen) atoms. The molecule has 1 amide bonds. The highest BCUT2D eigenvalue weighted by atomic mass is 35.5. The van der Waals surface area contributed by atoms with Gasteiger partial charge in [0.2, 0.25) is 5.88 Å². The fraction of sp³-hybridized carbons (Fsp3) is 0.355. The zero-order valence-corrected chi connectivity index (χ0v) is 24.4. The highest BCUT2D eigenvalue weighted by Crippen LogP contribution is 2.39. The van der Waals surface area contributed by atoms with Crippen molar-refractivity contribution in [2.45, 2.75) is 51.2 Å². The molecule has 2 aromatic heterocycles. The quantitative estimate of drug-likeness (QED) is 0.224. The number of carbonyl (C=O) groups is 1. The third kappa shape index (κ3) is 5.80. The lowest BCUT2D eigenvalue weighted by atomic mass is 9.89. The Hall–Kier alpha value is -3.20. The zero-order chi connectivity index (χ0) is 28.2. The van der Waals surface area contributed by atoms with Crippen LogP contribution in [0.15, 0.2) is 54.7 Å². The molecule has 0 radical (unpaired) electrons. The van der Waals surface area contributed by atoms with Gasteiger partial charge in [0, 0.05) is 46.5 Å². The minimum Gasteiger partial charge on any atom is -0.496 e. The smallest absolute Gasteiger partial charge is 0.266 e. The minimum absolute atomic E-state index is 0.0158. The number of halogens is 2. The lowest BCUT2D eigenvalue weighted by molar-refractivity contribution is 0.0604. The van der Waals surface area contributed by atoms with Gasteiger partial charge < -0.3 is 19.7 Å². The summed E-state index contributed by atoms with van der Waals surface area (Å²) in [5, 5.41) is 3.85. The third-order valence-corrected chi connectivity index (χ3v) is 9.22. The molecule has 4 aromatic rings. The van der Waals surface area contributed by atoms with Gasteiger partial charge in [-0.3, -0.25) is 4.79 Å². The number of benzene rings is 2. The van der Waals surface area contributed by atoms with Crippen molar-refractivity contribution >= 4 is 38.9 Å². The largest absolute Gasteiger partial charge is 0.496 e. The monoisotopic (exact) mass is 581 g/mol. The van der Waals surface area contributed by atoms with Crippen LogP contribution < -0.4 is 14.8 Å². The molecule has 0 bridgehead atoms. The number of pyridine rings is 1. The average molecular weight is 582 g/mol. The topological polar surface area (TPSA) is 63.7 Å². The fourth-order valence-corrected chi connectivity index (χ4v) is 6.97. The van der Waals surface area contributed by atoms with Crippen LogP contribution in [-0.4, -0.2) is 48.6 Å². The molecule has 1 saturated carbocycles. The van der Waals surface area contributed by atoms with Crippen molar-refractivity contribution in [1.82, 2.24) is 15.2 Å². The van der Waals surface area contributed by atoms with E-state index in [1.807, 2.05) is 43.1 Å². The summed E-state index contributed by atoms with van der Waals surface area (Å²) in [6.07, 6.45) is 5.38. The maximum absolute atomic E-state index is 14.6. The van der Waals surface area contributed by atoms with Crippen LogP contribution in [0.3, 0.4) is 0 Å². The highest BCUT2D eigenvalue weighted by molar-refractivity contribution is 7.21. The van der Waals surface area contributed by atoms with E-state index in [1.165, 1.54) is 17.4 Å². The molecule has 2 heterocycles. The van der Waals surface area contributed by atoms with Gasteiger partial charge in [-0.2, -0.15) is 0 Å². The van der Waals surface area contributed by atoms with Gasteiger partial charge in [0.1, 0.15) is 16.4 Å². The zero-order valence-electron chi connectivity index (χ0n) is 22.9. The number of methoxy groups -OCH3 is 1. The van der Waals surface area contributed by atoms with Crippen molar-refractivity contribution < 1.29 is 18.7 Å². The molecule has 1 aliphatic rings. The first-order chi connectivity index (χ1) is 19.4. The molecule has 0 saturated heterocycles. The fourth-order valence-electron chi connectivity index (χ4n) is 5.46. The Balaban J connectivity index is 1.53. The van der Waals surface area contributed by atoms with Crippen LogP contribution in [0, 0.1) is 5.82 Å². The number of fused-ring (bicyclic) bond motifs is 1. The first kappa shape index (κ1) is 28.3. The number of hydrogen-bond acceptors (Lipinski definition) is 6. The molecule has 2 aromatic carbocycles. The minimum atomic E-state index is -0.419. The van der Waals surface area contributed by atoms with Gasteiger partial charge in [0.15, 0.2) is 0 Å². The molecule has 210 valence electrons. The second kappa shape index (κ2) is 12.5. The molecule has 0 aliphatic heterocycles. The van der Waals surface area contributed by atoms with E-state index in [9.17, 15) is 9.18 Å². The van der Waals surface area contributed by atoms with E-state index >= 15 is 0 Å². The van der Waals surface area contributed by atoms with Crippen LogP contribution in [0.1, 0.15) is 47.8 Å². The molecule has 6 nitrogen and oxygen atoms in total. The van der Waals surface area contributed by atoms with Gasteiger partial charge in [-0.1, -0.05) is 23.7 Å². The van der Waals surface area contributed by atoms with Crippen LogP contribution in [0.4, 0.5) is 4.39 Å². The molecule has 5 rings (SSSR count). The SMILES string of the molecule is CCOc1cc(-c2ccc(OC)c(CN(C(=O)c3sc4cccc(F)c4c3Cl)C3CCC(NC)CC3)c2)ccn1. The normalized spacial score (nSPS) is 17.1. The van der Waals surface area contributed by atoms with E-state index < -0.39 is 5.82 Å². The van der Waals surface area contributed by atoms with Crippen molar-refractivity contribution in [3.63, 3.8) is 0 Å². The Labute approximate surface area is 243 Å². The summed E-state index contributed by atoms with van der Waals surface area (Å²) in [7, 11) is 3.61. The predicted molar refractivity (Wildman–Crippen MR) is 159 cm³/mol. The summed E-state index contributed by atoms with van der Waals surface area (Å²) in [6.45, 7) is 2.79. The summed E-state index contributed by atoms with van der Waals surface area (Å²) in [6, 6.07) is 15.1. The van der Waals surface area contributed by atoms with E-state index in [4.69, 9.17) is 21.1 Å². The molecule has 1 aliphatic carbocycles. The van der Waals surface area contributed by atoms with Crippen molar-refractivity contribution in [2.75, 3.05) is 20.8 Å². The maximum Gasteiger partial charge on any atom is 0.266 e. The second-order valence-electron chi connectivity index (χ2n) is 9.93. The van der Waals surface area contributed by atoms with Crippen LogP contribution in [0.5, 0.6) is 11.6 Å². The maximum atomic E-state index is 14.6. The van der Waals surface area contributed by atoms with Gasteiger partial charge in [-0.15, -0.1) is 11.3 Å². The molecule has 1 fully saturated rings. The number of nitrogens with one attached hydrogen (secondary N) is 1. The summed E-state index contributed by atoms with van der Waals surface area (Å²) in [5.41, 5.74) is 2.80. The first-order valence-electron chi connectivity index (χ1n) is 13.5. The number of nitrogens with zero attached hydrogens (tertiary/aromatic N) is 2. The average Bonchev–Trinajstić information content (AvgIpc) is 3.33. The Morgan fingerprint density at radius 1 is 1.15 bits per heavy atom. The molecule has 0 unspecified atom stereocenters. The standard InChI is InChI=1S/C31H33ClFN3O3S/c1-4-39-27-17-20(14-15-35-27)19-8-13-25(38-3)21(16-19)18-36(23-11-9-22(34-2)10-12-23)31(37)30-29(32)28-24(33)6-5-7-26(28)40-30/h5-8,13-17,22-23,34H,4,9-12,18H2,1-3H3. The Kier molecular flexibility index (Phi) is 8.88. The number of rotatable bonds is 9. The molecular formula is C31H33ClFN3O3S. The number of ether oxygens (including phenoxy) is 2. The number of carbonyl (C=O) groups excluding carboxylic acids is 1. The van der Waals surface area contributed by atoms with E-state index in [2.05, 4.69) is 16.4 Å². The Morgan fingerprint density at radius 2 is 1.93 bits per heavy atom. The Bertz CT molecular complexity index is 1500. The summed E-state index contributed by atoms with van der Waals surface area (Å²) < 4.78 is 26.6. The van der Waals surface area contributed by atoms with Crippen molar-refractivity contribution in [3.8, 4) is 22.8 Å². The lowest BCUT2D eigenvalue weighted by Crippen LogP contribution is -2.44. The van der Waals surface area contributed by atoms with Crippen LogP contribution in [-0.2, 0) is 6.54 Å². The summed E-state index contributed by atoms with van der Waals surface area (Å²) >= 11 is 7.91. The van der Waals surface area contributed by atoms with Gasteiger partial charge in [0.25, 0.3) is 5.91 Å². The third-order valence-electron chi connectivity index (χ3n) is 7.59. The van der Waals surface area contributed by atoms with E-state index in [1.54, 1.807) is 25.4 Å². The lowest BCUT2D eigenvalue weighted by Gasteiger charge is -2.37. The number of amides is 1. The molecular weight excluding hydrogens is 549 g/mol. The molecule has 1 N–H and O–H groups in total. The van der Waals surface area contributed by atoms with Crippen molar-refractivity contribution in [2.24, 2.45) is 0 Å².